The van der Waals surface area contributed by atoms with Crippen LogP contribution < -0.4 is 5.32 Å². The third kappa shape index (κ3) is 5.44. The zero-order valence-corrected chi connectivity index (χ0v) is 19.6. The van der Waals surface area contributed by atoms with E-state index in [4.69, 9.17) is 0 Å². The molecule has 0 radical (unpaired) electrons. The van der Waals surface area contributed by atoms with Gasteiger partial charge in [-0.1, -0.05) is 31.2 Å². The van der Waals surface area contributed by atoms with Gasteiger partial charge in [0.2, 0.25) is 5.91 Å². The number of benzene rings is 1. The van der Waals surface area contributed by atoms with Gasteiger partial charge in [-0.15, -0.1) is 0 Å². The molecule has 0 aromatic heterocycles. The zero-order chi connectivity index (χ0) is 22.7. The first-order valence-electron chi connectivity index (χ1n) is 12.2. The number of likely N-dealkylation sites (tertiary alicyclic amines) is 2. The zero-order valence-electron chi connectivity index (χ0n) is 19.6. The maximum Gasteiger partial charge on any atom is 0.317 e. The van der Waals surface area contributed by atoms with Crippen molar-refractivity contribution in [1.82, 2.24) is 20.0 Å². The fraction of sp³-hybridized carbons (Fsp3) is 0.680. The molecule has 7 nitrogen and oxygen atoms in total. The molecule has 2 fully saturated rings. The van der Waals surface area contributed by atoms with Gasteiger partial charge in [0, 0.05) is 57.8 Å². The second kappa shape index (κ2) is 9.79. The molecule has 3 atom stereocenters. The number of urea groups is 1. The summed E-state index contributed by atoms with van der Waals surface area (Å²) in [6, 6.07) is 8.43. The molecular formula is C25H38N4O3. The number of piperidine rings is 2. The summed E-state index contributed by atoms with van der Waals surface area (Å²) in [6.07, 6.45) is 4.85. The summed E-state index contributed by atoms with van der Waals surface area (Å²) in [5.74, 6) is 0.319. The second-order valence-corrected chi connectivity index (χ2v) is 10.2. The Hall–Kier alpha value is -2.12. The predicted molar refractivity (Wildman–Crippen MR) is 124 cm³/mol. The lowest BCUT2D eigenvalue weighted by molar-refractivity contribution is -0.141. The molecule has 0 bridgehead atoms. The van der Waals surface area contributed by atoms with Crippen molar-refractivity contribution < 1.29 is 14.7 Å². The Bertz CT molecular complexity index is 827. The number of carbonyl (C=O) groups is 2. The normalized spacial score (nSPS) is 26.4. The van der Waals surface area contributed by atoms with E-state index >= 15 is 0 Å². The van der Waals surface area contributed by atoms with Crippen molar-refractivity contribution in [2.24, 2.45) is 5.92 Å². The predicted octanol–water partition coefficient (Wildman–Crippen LogP) is 2.23. The van der Waals surface area contributed by atoms with Gasteiger partial charge in [-0.2, -0.15) is 0 Å². The number of nitrogens with one attached hydrogen (secondary N) is 1. The van der Waals surface area contributed by atoms with Gasteiger partial charge in [0.1, 0.15) is 0 Å². The molecule has 3 aliphatic rings. The van der Waals surface area contributed by atoms with E-state index in [-0.39, 0.29) is 30.4 Å². The van der Waals surface area contributed by atoms with Crippen LogP contribution in [0.4, 0.5) is 4.79 Å². The quantitative estimate of drug-likeness (QED) is 0.733. The summed E-state index contributed by atoms with van der Waals surface area (Å²) >= 11 is 0. The lowest BCUT2D eigenvalue weighted by atomic mass is 9.95. The summed E-state index contributed by atoms with van der Waals surface area (Å²) in [5.41, 5.74) is 1.70. The lowest BCUT2D eigenvalue weighted by Gasteiger charge is -2.42. The highest BCUT2D eigenvalue weighted by Crippen LogP contribution is 2.24. The number of carbonyl (C=O) groups excluding carboxylic acids is 2. The average Bonchev–Trinajstić information content (AvgIpc) is 2.79. The van der Waals surface area contributed by atoms with Crippen LogP contribution in [0, 0.1) is 5.92 Å². The summed E-state index contributed by atoms with van der Waals surface area (Å²) in [6.45, 7) is 8.35. The van der Waals surface area contributed by atoms with Gasteiger partial charge in [0.15, 0.2) is 0 Å². The average molecular weight is 443 g/mol. The van der Waals surface area contributed by atoms with E-state index in [0.29, 0.717) is 19.6 Å². The summed E-state index contributed by atoms with van der Waals surface area (Å²) in [7, 11) is 0. The Labute approximate surface area is 191 Å². The number of β-amino-alcohol motifs (C(OH)–C–C–N with tert-alkyl or cyclic N) is 1. The van der Waals surface area contributed by atoms with Crippen LogP contribution in [0.25, 0.3) is 0 Å². The van der Waals surface area contributed by atoms with Crippen LogP contribution in [0.5, 0.6) is 0 Å². The van der Waals surface area contributed by atoms with Crippen LogP contribution in [0.15, 0.2) is 24.3 Å². The first-order chi connectivity index (χ1) is 15.3. The summed E-state index contributed by atoms with van der Waals surface area (Å²) < 4.78 is 0. The van der Waals surface area contributed by atoms with E-state index in [2.05, 4.69) is 34.5 Å². The molecule has 0 saturated carbocycles. The van der Waals surface area contributed by atoms with Crippen LogP contribution in [0.1, 0.15) is 50.7 Å². The fourth-order valence-corrected chi connectivity index (χ4v) is 5.45. The Kier molecular flexibility index (Phi) is 7.05. The number of aliphatic hydroxyl groups is 1. The van der Waals surface area contributed by atoms with Crippen LogP contribution in [-0.2, 0) is 17.8 Å². The lowest BCUT2D eigenvalue weighted by Crippen LogP contribution is -2.57. The van der Waals surface area contributed by atoms with Crippen molar-refractivity contribution in [2.75, 3.05) is 39.3 Å². The van der Waals surface area contributed by atoms with E-state index in [1.165, 1.54) is 11.1 Å². The molecule has 2 saturated heterocycles. The summed E-state index contributed by atoms with van der Waals surface area (Å²) in [5, 5.41) is 13.9. The van der Waals surface area contributed by atoms with Crippen LogP contribution in [-0.4, -0.2) is 82.7 Å². The maximum atomic E-state index is 12.9. The Morgan fingerprint density at radius 3 is 2.72 bits per heavy atom. The van der Waals surface area contributed by atoms with Crippen molar-refractivity contribution in [3.63, 3.8) is 0 Å². The Balaban J connectivity index is 1.26. The highest BCUT2D eigenvalue weighted by molar-refractivity contribution is 5.80. The number of fused-ring (bicyclic) bond motifs is 1. The molecule has 3 heterocycles. The number of rotatable bonds is 5. The molecule has 2 unspecified atom stereocenters. The van der Waals surface area contributed by atoms with Gasteiger partial charge in [-0.25, -0.2) is 4.79 Å². The van der Waals surface area contributed by atoms with Crippen molar-refractivity contribution >= 4 is 11.9 Å². The molecule has 32 heavy (non-hydrogen) atoms. The molecule has 3 amide bonds. The van der Waals surface area contributed by atoms with E-state index in [1.807, 2.05) is 16.7 Å². The summed E-state index contributed by atoms with van der Waals surface area (Å²) in [4.78, 5) is 31.5. The van der Waals surface area contributed by atoms with Crippen LogP contribution in [0.2, 0.25) is 0 Å². The second-order valence-electron chi connectivity index (χ2n) is 10.2. The fourth-order valence-electron chi connectivity index (χ4n) is 5.45. The molecule has 4 rings (SSSR count). The third-order valence-corrected chi connectivity index (χ3v) is 7.26. The van der Waals surface area contributed by atoms with Gasteiger partial charge in [-0.3, -0.25) is 9.69 Å². The van der Waals surface area contributed by atoms with Crippen LogP contribution >= 0.6 is 0 Å². The number of amides is 3. The standard InChI is InChI=1S/C25H38N4O3/c1-19-7-5-13-29(23(19)30)22-10-6-12-28(16-22)24(31)26-17-25(2,32)18-27-14-11-20-8-3-4-9-21(20)15-27/h3-4,8-9,19,22,32H,5-7,10-18H2,1-2H3,(H,26,31)/t19?,22-,25?/m1/s1. The Morgan fingerprint density at radius 1 is 1.16 bits per heavy atom. The first-order valence-corrected chi connectivity index (χ1v) is 12.2. The van der Waals surface area contributed by atoms with E-state index in [0.717, 1.165) is 51.7 Å². The van der Waals surface area contributed by atoms with Gasteiger partial charge in [-0.05, 0) is 50.2 Å². The molecule has 176 valence electrons. The topological polar surface area (TPSA) is 76.1 Å². The van der Waals surface area contributed by atoms with E-state index < -0.39 is 5.60 Å². The minimum Gasteiger partial charge on any atom is -0.387 e. The van der Waals surface area contributed by atoms with Crippen molar-refractivity contribution in [3.8, 4) is 0 Å². The molecule has 1 aromatic rings. The molecule has 7 heteroatoms. The third-order valence-electron chi connectivity index (χ3n) is 7.26. The minimum atomic E-state index is -1.00. The molecule has 2 N–H and O–H groups in total. The number of hydrogen-bond donors (Lipinski definition) is 2. The van der Waals surface area contributed by atoms with Gasteiger partial charge in [0.25, 0.3) is 0 Å². The highest BCUT2D eigenvalue weighted by atomic mass is 16.3. The number of nitrogens with zero attached hydrogens (tertiary/aromatic N) is 3. The van der Waals surface area contributed by atoms with E-state index in [1.54, 1.807) is 6.92 Å². The van der Waals surface area contributed by atoms with Crippen molar-refractivity contribution in [1.29, 1.82) is 0 Å². The number of hydrogen-bond acceptors (Lipinski definition) is 4. The van der Waals surface area contributed by atoms with Crippen LogP contribution in [0.3, 0.4) is 0 Å². The largest absolute Gasteiger partial charge is 0.387 e. The SMILES string of the molecule is CC1CCCN([C@@H]2CCCN(C(=O)NCC(C)(O)CN3CCc4ccccc4C3)C2)C1=O. The molecular weight excluding hydrogens is 404 g/mol. The molecule has 3 aliphatic heterocycles. The smallest absolute Gasteiger partial charge is 0.317 e. The van der Waals surface area contributed by atoms with Gasteiger partial charge in [0.05, 0.1) is 5.60 Å². The monoisotopic (exact) mass is 442 g/mol. The minimum absolute atomic E-state index is 0.0878. The van der Waals surface area contributed by atoms with E-state index in [9.17, 15) is 14.7 Å². The molecule has 1 aromatic carbocycles. The van der Waals surface area contributed by atoms with Crippen molar-refractivity contribution in [3.05, 3.63) is 35.4 Å². The molecule has 0 spiro atoms. The highest BCUT2D eigenvalue weighted by Gasteiger charge is 2.35. The Morgan fingerprint density at radius 2 is 1.91 bits per heavy atom. The first kappa shape index (κ1) is 23.1. The van der Waals surface area contributed by atoms with Crippen molar-refractivity contribution in [2.45, 2.75) is 64.1 Å². The maximum absolute atomic E-state index is 12.9. The molecule has 0 aliphatic carbocycles. The van der Waals surface area contributed by atoms with Gasteiger partial charge < -0.3 is 20.2 Å². The van der Waals surface area contributed by atoms with Gasteiger partial charge >= 0.3 is 6.03 Å².